The van der Waals surface area contributed by atoms with Crippen LogP contribution in [0.3, 0.4) is 0 Å². The van der Waals surface area contributed by atoms with E-state index in [0.29, 0.717) is 35.8 Å². The maximum atomic E-state index is 13.8. The molecule has 44 heavy (non-hydrogen) atoms. The smallest absolute Gasteiger partial charge is 0.328 e. The highest BCUT2D eigenvalue weighted by atomic mass is 35.5. The first-order valence-corrected chi connectivity index (χ1v) is 14.3. The summed E-state index contributed by atoms with van der Waals surface area (Å²) in [5.74, 6) is -3.47. The molecule has 3 aromatic rings. The van der Waals surface area contributed by atoms with E-state index in [-0.39, 0.29) is 5.91 Å². The number of carbonyl (C=O) groups is 4. The van der Waals surface area contributed by atoms with E-state index >= 15 is 0 Å². The number of amides is 1. The number of hydrogen-bond donors (Lipinski definition) is 4. The van der Waals surface area contributed by atoms with Crippen molar-refractivity contribution in [2.24, 2.45) is 0 Å². The second-order valence-electron chi connectivity index (χ2n) is 9.66. The summed E-state index contributed by atoms with van der Waals surface area (Å²) in [4.78, 5) is 47.5. The van der Waals surface area contributed by atoms with Crippen LogP contribution < -0.4 is 15.1 Å². The molecule has 0 aliphatic carbocycles. The van der Waals surface area contributed by atoms with Gasteiger partial charge in [-0.05, 0) is 61.7 Å². The quantitative estimate of drug-likeness (QED) is 0.146. The third-order valence-electron chi connectivity index (χ3n) is 6.53. The molecular weight excluding hydrogens is 586 g/mol. The number of unbranched alkanes of at least 4 members (excludes halogenated alkanes) is 1. The van der Waals surface area contributed by atoms with Crippen molar-refractivity contribution in [1.82, 2.24) is 5.32 Å². The summed E-state index contributed by atoms with van der Waals surface area (Å²) < 4.78 is 0. The van der Waals surface area contributed by atoms with Crippen LogP contribution in [0, 0.1) is 0 Å². The van der Waals surface area contributed by atoms with Crippen LogP contribution in [0.25, 0.3) is 0 Å². The molecule has 0 aromatic heterocycles. The van der Waals surface area contributed by atoms with Crippen molar-refractivity contribution >= 4 is 52.5 Å². The Balaban J connectivity index is 0.000000583. The monoisotopic (exact) mass is 619 g/mol. The van der Waals surface area contributed by atoms with Crippen molar-refractivity contribution in [3.05, 3.63) is 113 Å². The number of aliphatic carboxylic acids is 3. The molecular formula is C33H34ClN3O7. The van der Waals surface area contributed by atoms with Gasteiger partial charge in [-0.25, -0.2) is 14.4 Å². The molecule has 10 nitrogen and oxygen atoms in total. The van der Waals surface area contributed by atoms with Gasteiger partial charge in [0, 0.05) is 42.9 Å². The Morgan fingerprint density at radius 2 is 1.39 bits per heavy atom. The van der Waals surface area contributed by atoms with Gasteiger partial charge in [0.15, 0.2) is 0 Å². The highest BCUT2D eigenvalue weighted by Crippen LogP contribution is 2.42. The maximum absolute atomic E-state index is 13.8. The lowest BCUT2D eigenvalue weighted by molar-refractivity contribution is -0.134. The van der Waals surface area contributed by atoms with Gasteiger partial charge in [-0.3, -0.25) is 4.79 Å². The minimum atomic E-state index is -1.26. The summed E-state index contributed by atoms with van der Waals surface area (Å²) in [6.07, 6.45) is 6.39. The zero-order chi connectivity index (χ0) is 31.9. The van der Waals surface area contributed by atoms with Crippen LogP contribution >= 0.6 is 11.6 Å². The Labute approximate surface area is 260 Å². The van der Waals surface area contributed by atoms with Crippen molar-refractivity contribution in [3.63, 3.8) is 0 Å². The summed E-state index contributed by atoms with van der Waals surface area (Å²) >= 11 is 6.45. The fourth-order valence-corrected chi connectivity index (χ4v) is 4.74. The SMILES string of the molecule is O=C(O)/C=C/CNCCCCN1c2ccccc2C(=O)N(CCc2ccccc2)c2ccc(Cl)cc21.O=C(O)/C=C\C(=O)O. The number of anilines is 3. The van der Waals surface area contributed by atoms with E-state index in [0.717, 1.165) is 55.5 Å². The van der Waals surface area contributed by atoms with Crippen molar-refractivity contribution in [3.8, 4) is 0 Å². The Morgan fingerprint density at radius 1 is 0.727 bits per heavy atom. The normalized spacial score (nSPS) is 12.3. The number of para-hydroxylation sites is 1. The molecule has 1 aliphatic heterocycles. The first kappa shape index (κ1) is 33.6. The first-order valence-electron chi connectivity index (χ1n) is 13.9. The number of nitrogens with zero attached hydrogens (tertiary/aromatic N) is 2. The second-order valence-corrected chi connectivity index (χ2v) is 10.1. The van der Waals surface area contributed by atoms with Gasteiger partial charge in [-0.15, -0.1) is 0 Å². The highest BCUT2D eigenvalue weighted by molar-refractivity contribution is 6.31. The van der Waals surface area contributed by atoms with E-state index in [1.165, 1.54) is 5.56 Å². The molecule has 0 atom stereocenters. The molecule has 4 rings (SSSR count). The van der Waals surface area contributed by atoms with Crippen LogP contribution in [-0.2, 0) is 20.8 Å². The molecule has 1 amide bonds. The van der Waals surface area contributed by atoms with Crippen LogP contribution in [0.4, 0.5) is 17.1 Å². The van der Waals surface area contributed by atoms with Gasteiger partial charge < -0.3 is 30.4 Å². The number of rotatable bonds is 13. The third-order valence-corrected chi connectivity index (χ3v) is 6.77. The van der Waals surface area contributed by atoms with Gasteiger partial charge in [0.05, 0.1) is 22.6 Å². The van der Waals surface area contributed by atoms with E-state index in [4.69, 9.17) is 26.9 Å². The lowest BCUT2D eigenvalue weighted by atomic mass is 10.1. The van der Waals surface area contributed by atoms with Crippen LogP contribution in [-0.4, -0.2) is 65.3 Å². The number of benzene rings is 3. The second kappa shape index (κ2) is 17.3. The van der Waals surface area contributed by atoms with Gasteiger partial charge in [-0.2, -0.15) is 0 Å². The number of carbonyl (C=O) groups excluding carboxylic acids is 1. The molecule has 0 spiro atoms. The lowest BCUT2D eigenvalue weighted by Crippen LogP contribution is -2.32. The van der Waals surface area contributed by atoms with Gasteiger partial charge in [0.1, 0.15) is 0 Å². The van der Waals surface area contributed by atoms with E-state index in [2.05, 4.69) is 22.3 Å². The molecule has 0 unspecified atom stereocenters. The minimum absolute atomic E-state index is 0.0144. The molecule has 230 valence electrons. The molecule has 1 aliphatic rings. The van der Waals surface area contributed by atoms with Gasteiger partial charge in [0.25, 0.3) is 5.91 Å². The molecule has 0 saturated heterocycles. The van der Waals surface area contributed by atoms with Crippen molar-refractivity contribution < 1.29 is 34.5 Å². The predicted molar refractivity (Wildman–Crippen MR) is 170 cm³/mol. The Bertz CT molecular complexity index is 1490. The number of hydrogen-bond acceptors (Lipinski definition) is 6. The van der Waals surface area contributed by atoms with Crippen LogP contribution in [0.15, 0.2) is 97.1 Å². The molecule has 1 heterocycles. The zero-order valence-corrected chi connectivity index (χ0v) is 24.7. The van der Waals surface area contributed by atoms with E-state index in [1.807, 2.05) is 65.6 Å². The van der Waals surface area contributed by atoms with Gasteiger partial charge in [0.2, 0.25) is 0 Å². The number of nitrogens with one attached hydrogen (secondary N) is 1. The largest absolute Gasteiger partial charge is 0.478 e. The molecule has 11 heteroatoms. The summed E-state index contributed by atoms with van der Waals surface area (Å²) in [5.41, 5.74) is 4.51. The molecule has 0 saturated carbocycles. The molecule has 0 fully saturated rings. The fourth-order valence-electron chi connectivity index (χ4n) is 4.57. The third kappa shape index (κ3) is 10.4. The number of halogens is 1. The van der Waals surface area contributed by atoms with Crippen LogP contribution in [0.1, 0.15) is 28.8 Å². The summed E-state index contributed by atoms with van der Waals surface area (Å²) in [5, 5.41) is 28.2. The predicted octanol–water partition coefficient (Wildman–Crippen LogP) is 5.40. The topological polar surface area (TPSA) is 147 Å². The van der Waals surface area contributed by atoms with Gasteiger partial charge in [-0.1, -0.05) is 60.1 Å². The van der Waals surface area contributed by atoms with Crippen LogP contribution in [0.2, 0.25) is 5.02 Å². The van der Waals surface area contributed by atoms with Crippen LogP contribution in [0.5, 0.6) is 0 Å². The van der Waals surface area contributed by atoms with E-state index in [9.17, 15) is 19.2 Å². The molecule has 3 aromatic carbocycles. The maximum Gasteiger partial charge on any atom is 0.328 e. The minimum Gasteiger partial charge on any atom is -0.478 e. The molecule has 0 radical (unpaired) electrons. The lowest BCUT2D eigenvalue weighted by Gasteiger charge is -2.28. The number of carboxylic acids is 3. The molecule has 4 N–H and O–H groups in total. The van der Waals surface area contributed by atoms with Gasteiger partial charge >= 0.3 is 17.9 Å². The summed E-state index contributed by atoms with van der Waals surface area (Å²) in [6, 6.07) is 23.7. The Kier molecular flexibility index (Phi) is 13.2. The Hall–Kier alpha value is -4.93. The van der Waals surface area contributed by atoms with E-state index < -0.39 is 17.9 Å². The average Bonchev–Trinajstić information content (AvgIpc) is 3.09. The standard InChI is InChI=1S/C29H30ClN3O3.C4H4O4/c30-23-14-15-26-27(21-23)32(19-7-6-17-31-18-8-13-28(34)35)25-12-5-4-11-24(25)29(36)33(26)20-16-22-9-2-1-3-10-22;5-3(6)1-2-4(7)8/h1-5,8-15,21,31H,6-7,16-20H2,(H,34,35);1-2H,(H,5,6)(H,7,8)/b13-8+;2-1-. The summed E-state index contributed by atoms with van der Waals surface area (Å²) in [6.45, 7) is 2.57. The van der Waals surface area contributed by atoms with Crippen molar-refractivity contribution in [2.75, 3.05) is 36.0 Å². The average molecular weight is 620 g/mol. The van der Waals surface area contributed by atoms with E-state index in [1.54, 1.807) is 6.08 Å². The van der Waals surface area contributed by atoms with Crippen molar-refractivity contribution in [2.45, 2.75) is 19.3 Å². The number of fused-ring (bicyclic) bond motifs is 2. The Morgan fingerprint density at radius 3 is 2.07 bits per heavy atom. The van der Waals surface area contributed by atoms with Crippen molar-refractivity contribution in [1.29, 1.82) is 0 Å². The first-order chi connectivity index (χ1) is 21.2. The zero-order valence-electron chi connectivity index (χ0n) is 23.9. The highest BCUT2D eigenvalue weighted by Gasteiger charge is 2.30. The number of carboxylic acid groups (broad SMARTS) is 3. The summed E-state index contributed by atoms with van der Waals surface area (Å²) in [7, 11) is 0. The fraction of sp³-hybridized carbons (Fsp3) is 0.212. The molecule has 0 bridgehead atoms.